The van der Waals surface area contributed by atoms with Crippen molar-refractivity contribution >= 4 is 11.8 Å². The molecule has 0 saturated carbocycles. The van der Waals surface area contributed by atoms with Crippen LogP contribution in [0.3, 0.4) is 0 Å². The maximum Gasteiger partial charge on any atom is 0.439 e. The highest BCUT2D eigenvalue weighted by atomic mass is 16.7. The second-order valence-corrected chi connectivity index (χ2v) is 6.54. The van der Waals surface area contributed by atoms with Crippen molar-refractivity contribution in [3.05, 3.63) is 77.4 Å². The predicted molar refractivity (Wildman–Crippen MR) is 102 cm³/mol. The largest absolute Gasteiger partial charge is 0.443 e. The van der Waals surface area contributed by atoms with Crippen LogP contribution in [0.2, 0.25) is 0 Å². The molecule has 4 heteroatoms. The van der Waals surface area contributed by atoms with E-state index in [2.05, 4.69) is 6.92 Å². The molecule has 1 aliphatic heterocycles. The van der Waals surface area contributed by atoms with Gasteiger partial charge in [0.25, 0.3) is 0 Å². The number of carbonyl (C=O) groups excluding carboxylic acids is 1. The zero-order valence-corrected chi connectivity index (χ0v) is 15.4. The third kappa shape index (κ3) is 4.52. The first kappa shape index (κ1) is 18.2. The highest BCUT2D eigenvalue weighted by molar-refractivity contribution is 5.82. The van der Waals surface area contributed by atoms with Gasteiger partial charge in [-0.25, -0.2) is 4.79 Å². The van der Waals surface area contributed by atoms with Crippen LogP contribution in [-0.4, -0.2) is 17.3 Å². The highest BCUT2D eigenvalue weighted by Gasteiger charge is 2.31. The highest BCUT2D eigenvalue weighted by Crippen LogP contribution is 2.30. The minimum Gasteiger partial charge on any atom is -0.443 e. The molecule has 0 saturated heterocycles. The Morgan fingerprint density at radius 3 is 2.54 bits per heavy atom. The zero-order valence-electron chi connectivity index (χ0n) is 15.4. The fraction of sp³-hybridized carbons (Fsp3) is 0.318. The molecule has 0 bridgehead atoms. The van der Waals surface area contributed by atoms with Crippen LogP contribution in [-0.2, 0) is 16.2 Å². The van der Waals surface area contributed by atoms with Gasteiger partial charge in [-0.1, -0.05) is 79.9 Å². The minimum atomic E-state index is -0.486. The van der Waals surface area contributed by atoms with Crippen molar-refractivity contribution in [3.63, 3.8) is 0 Å². The Balaban J connectivity index is 1.73. The van der Waals surface area contributed by atoms with E-state index in [4.69, 9.17) is 9.57 Å². The van der Waals surface area contributed by atoms with Crippen LogP contribution in [0.15, 0.2) is 60.7 Å². The van der Waals surface area contributed by atoms with Crippen molar-refractivity contribution in [2.75, 3.05) is 0 Å². The van der Waals surface area contributed by atoms with Crippen molar-refractivity contribution in [2.24, 2.45) is 0 Å². The summed E-state index contributed by atoms with van der Waals surface area (Å²) in [5, 5.41) is 1.30. The number of hydrogen-bond acceptors (Lipinski definition) is 3. The molecule has 1 heterocycles. The Bertz CT molecular complexity index is 753. The average molecular weight is 351 g/mol. The van der Waals surface area contributed by atoms with Crippen molar-refractivity contribution in [1.82, 2.24) is 5.06 Å². The summed E-state index contributed by atoms with van der Waals surface area (Å²) in [6.45, 7) is 4.41. The molecule has 3 rings (SSSR count). The van der Waals surface area contributed by atoms with E-state index in [0.29, 0.717) is 0 Å². The van der Waals surface area contributed by atoms with Crippen LogP contribution in [0, 0.1) is 6.92 Å². The van der Waals surface area contributed by atoms with E-state index in [0.717, 1.165) is 36.1 Å². The van der Waals surface area contributed by atoms with Gasteiger partial charge >= 0.3 is 6.09 Å². The van der Waals surface area contributed by atoms with Gasteiger partial charge in [0, 0.05) is 5.56 Å². The number of hydrogen-bond donors (Lipinski definition) is 0. The van der Waals surface area contributed by atoms with Gasteiger partial charge in [0.15, 0.2) is 0 Å². The van der Waals surface area contributed by atoms with E-state index >= 15 is 0 Å². The summed E-state index contributed by atoms with van der Waals surface area (Å²) in [6, 6.07) is 17.7. The van der Waals surface area contributed by atoms with E-state index in [-0.39, 0.29) is 12.7 Å². The molecule has 0 spiro atoms. The molecule has 1 atom stereocenters. The Morgan fingerprint density at radius 1 is 1.12 bits per heavy atom. The fourth-order valence-corrected chi connectivity index (χ4v) is 2.86. The van der Waals surface area contributed by atoms with E-state index in [9.17, 15) is 4.79 Å². The lowest BCUT2D eigenvalue weighted by Gasteiger charge is -2.20. The number of benzene rings is 2. The Labute approximate surface area is 155 Å². The minimum absolute atomic E-state index is 0.101. The maximum atomic E-state index is 12.6. The number of unbranched alkanes of at least 4 members (excludes halogenated alkanes) is 1. The molecule has 0 N–H and O–H groups in total. The van der Waals surface area contributed by atoms with Crippen LogP contribution in [0.1, 0.15) is 42.9 Å². The number of amides is 1. The van der Waals surface area contributed by atoms with Crippen molar-refractivity contribution < 1.29 is 14.4 Å². The van der Waals surface area contributed by atoms with Crippen LogP contribution < -0.4 is 0 Å². The van der Waals surface area contributed by atoms with Gasteiger partial charge in [0.2, 0.25) is 0 Å². The van der Waals surface area contributed by atoms with Crippen LogP contribution in [0.25, 0.3) is 5.70 Å². The van der Waals surface area contributed by atoms with Crippen molar-refractivity contribution in [3.8, 4) is 0 Å². The Morgan fingerprint density at radius 2 is 1.85 bits per heavy atom. The maximum absolute atomic E-state index is 12.6. The summed E-state index contributed by atoms with van der Waals surface area (Å²) in [7, 11) is 0. The van der Waals surface area contributed by atoms with E-state index in [1.165, 1.54) is 10.6 Å². The third-order valence-electron chi connectivity index (χ3n) is 4.36. The molecule has 2 aromatic carbocycles. The van der Waals surface area contributed by atoms with Gasteiger partial charge in [-0.15, -0.1) is 0 Å². The average Bonchev–Trinajstić information content (AvgIpc) is 3.10. The molecular weight excluding hydrogens is 326 g/mol. The SMILES string of the molecule is CCCCC1C=C(c2ccc(C)cc2)N(C(=O)OCc2ccccc2)O1. The lowest BCUT2D eigenvalue weighted by atomic mass is 10.1. The molecule has 0 radical (unpaired) electrons. The Kier molecular flexibility index (Phi) is 6.08. The second kappa shape index (κ2) is 8.68. The summed E-state index contributed by atoms with van der Waals surface area (Å²) in [4.78, 5) is 18.5. The monoisotopic (exact) mass is 351 g/mol. The van der Waals surface area contributed by atoms with Crippen molar-refractivity contribution in [2.45, 2.75) is 45.8 Å². The van der Waals surface area contributed by atoms with E-state index < -0.39 is 6.09 Å². The third-order valence-corrected chi connectivity index (χ3v) is 4.36. The second-order valence-electron chi connectivity index (χ2n) is 6.54. The first-order valence-electron chi connectivity index (χ1n) is 9.14. The molecule has 1 unspecified atom stereocenters. The van der Waals surface area contributed by atoms with Crippen LogP contribution >= 0.6 is 0 Å². The predicted octanol–water partition coefficient (Wildman–Crippen LogP) is 5.48. The van der Waals surface area contributed by atoms with Gasteiger partial charge < -0.3 is 4.74 Å². The molecular formula is C22H25NO3. The molecule has 4 nitrogen and oxygen atoms in total. The zero-order chi connectivity index (χ0) is 18.4. The summed E-state index contributed by atoms with van der Waals surface area (Å²) < 4.78 is 5.46. The normalized spacial score (nSPS) is 16.5. The summed E-state index contributed by atoms with van der Waals surface area (Å²) >= 11 is 0. The van der Waals surface area contributed by atoms with Gasteiger partial charge in [-0.3, -0.25) is 4.84 Å². The van der Waals surface area contributed by atoms with Gasteiger partial charge in [0.05, 0.1) is 5.70 Å². The van der Waals surface area contributed by atoms with Crippen molar-refractivity contribution in [1.29, 1.82) is 0 Å². The molecule has 1 amide bonds. The number of carbonyl (C=O) groups is 1. The lowest BCUT2D eigenvalue weighted by molar-refractivity contribution is -0.107. The van der Waals surface area contributed by atoms with Gasteiger partial charge in [-0.2, -0.15) is 5.06 Å². The number of ether oxygens (including phenoxy) is 1. The number of hydroxylamine groups is 2. The first-order chi connectivity index (χ1) is 12.7. The quantitative estimate of drug-likeness (QED) is 0.692. The number of rotatable bonds is 6. The summed E-state index contributed by atoms with van der Waals surface area (Å²) in [6.07, 6.45) is 4.45. The summed E-state index contributed by atoms with van der Waals surface area (Å²) in [5.74, 6) is 0. The standard InChI is InChI=1S/C22H25NO3/c1-3-4-10-20-15-21(19-13-11-17(2)12-14-19)23(26-20)22(24)25-16-18-8-6-5-7-9-18/h5-9,11-15,20H,3-4,10,16H2,1-2H3. The van der Waals surface area contributed by atoms with E-state index in [1.54, 1.807) is 0 Å². The Hall–Kier alpha value is -2.59. The first-order valence-corrected chi connectivity index (χ1v) is 9.14. The molecule has 0 aromatic heterocycles. The number of aryl methyl sites for hydroxylation is 1. The summed E-state index contributed by atoms with van der Waals surface area (Å²) in [5.41, 5.74) is 3.83. The smallest absolute Gasteiger partial charge is 0.439 e. The van der Waals surface area contributed by atoms with Gasteiger partial charge in [0.1, 0.15) is 12.7 Å². The molecule has 136 valence electrons. The van der Waals surface area contributed by atoms with Crippen LogP contribution in [0.4, 0.5) is 4.79 Å². The van der Waals surface area contributed by atoms with E-state index in [1.807, 2.05) is 67.6 Å². The molecule has 26 heavy (non-hydrogen) atoms. The molecule has 0 aliphatic carbocycles. The molecule has 1 aliphatic rings. The topological polar surface area (TPSA) is 38.8 Å². The van der Waals surface area contributed by atoms with Crippen LogP contribution in [0.5, 0.6) is 0 Å². The number of nitrogens with zero attached hydrogens (tertiary/aromatic N) is 1. The molecule has 0 fully saturated rings. The fourth-order valence-electron chi connectivity index (χ4n) is 2.86. The molecule has 2 aromatic rings. The lowest BCUT2D eigenvalue weighted by Crippen LogP contribution is -2.28. The van der Waals surface area contributed by atoms with Gasteiger partial charge in [-0.05, 0) is 25.0 Å².